The molecule has 21 heavy (non-hydrogen) atoms. The summed E-state index contributed by atoms with van der Waals surface area (Å²) in [7, 11) is -3.54. The number of sulfonamides is 1. The second-order valence-corrected chi connectivity index (χ2v) is 8.53. The van der Waals surface area contributed by atoms with E-state index in [0.717, 1.165) is 19.4 Å². The van der Waals surface area contributed by atoms with Crippen LogP contribution in [0.5, 0.6) is 0 Å². The molecular formula is C15H23ClN2O2S. The quantitative estimate of drug-likeness (QED) is 0.892. The molecule has 1 aromatic carbocycles. The summed E-state index contributed by atoms with van der Waals surface area (Å²) in [6, 6.07) is 5.06. The van der Waals surface area contributed by atoms with Gasteiger partial charge in [0, 0.05) is 17.6 Å². The normalized spacial score (nSPS) is 22.2. The number of rotatable bonds is 4. The Kier molecular flexibility index (Phi) is 4.98. The Hall–Kier alpha value is -0.620. The van der Waals surface area contributed by atoms with E-state index in [1.807, 2.05) is 0 Å². The molecular weight excluding hydrogens is 308 g/mol. The van der Waals surface area contributed by atoms with E-state index in [0.29, 0.717) is 17.1 Å². The lowest BCUT2D eigenvalue weighted by Crippen LogP contribution is -2.52. The number of nitrogens with one attached hydrogen (secondary N) is 2. The molecule has 1 unspecified atom stereocenters. The molecule has 1 atom stereocenters. The van der Waals surface area contributed by atoms with Crippen LogP contribution in [0, 0.1) is 12.3 Å². The maximum Gasteiger partial charge on any atom is 0.240 e. The predicted octanol–water partition coefficient (Wildman–Crippen LogP) is 2.70. The number of aryl methyl sites for hydroxylation is 1. The first kappa shape index (κ1) is 16.7. The van der Waals surface area contributed by atoms with Gasteiger partial charge in [0.05, 0.1) is 4.90 Å². The molecule has 1 aliphatic rings. The first-order valence-corrected chi connectivity index (χ1v) is 9.08. The molecule has 2 N–H and O–H groups in total. The van der Waals surface area contributed by atoms with Crippen LogP contribution in [0.25, 0.3) is 0 Å². The molecule has 0 amide bonds. The third-order valence-corrected chi connectivity index (χ3v) is 6.05. The van der Waals surface area contributed by atoms with Crippen molar-refractivity contribution >= 4 is 21.6 Å². The van der Waals surface area contributed by atoms with Gasteiger partial charge in [-0.05, 0) is 49.4 Å². The average molecular weight is 331 g/mol. The summed E-state index contributed by atoms with van der Waals surface area (Å²) in [5, 5.41) is 3.83. The van der Waals surface area contributed by atoms with Gasteiger partial charge in [0.1, 0.15) is 0 Å². The van der Waals surface area contributed by atoms with Gasteiger partial charge in [-0.2, -0.15) is 0 Å². The maximum absolute atomic E-state index is 12.5. The molecule has 4 nitrogen and oxygen atoms in total. The fourth-order valence-corrected chi connectivity index (χ4v) is 4.31. The van der Waals surface area contributed by atoms with E-state index in [9.17, 15) is 8.42 Å². The van der Waals surface area contributed by atoms with Crippen molar-refractivity contribution < 1.29 is 8.42 Å². The molecule has 2 rings (SSSR count). The van der Waals surface area contributed by atoms with E-state index in [1.165, 1.54) is 6.07 Å². The highest BCUT2D eigenvalue weighted by molar-refractivity contribution is 7.89. The van der Waals surface area contributed by atoms with Gasteiger partial charge < -0.3 is 5.32 Å². The highest BCUT2D eigenvalue weighted by Crippen LogP contribution is 2.30. The van der Waals surface area contributed by atoms with Crippen LogP contribution in [0.15, 0.2) is 23.1 Å². The fourth-order valence-electron chi connectivity index (χ4n) is 2.75. The van der Waals surface area contributed by atoms with Gasteiger partial charge in [0.15, 0.2) is 0 Å². The molecule has 1 heterocycles. The zero-order chi connectivity index (χ0) is 15.7. The van der Waals surface area contributed by atoms with E-state index < -0.39 is 10.0 Å². The van der Waals surface area contributed by atoms with Gasteiger partial charge in [-0.25, -0.2) is 13.1 Å². The fraction of sp³-hybridized carbons (Fsp3) is 0.600. The van der Waals surface area contributed by atoms with Gasteiger partial charge in [0.25, 0.3) is 0 Å². The average Bonchev–Trinajstić information content (AvgIpc) is 2.39. The lowest BCUT2D eigenvalue weighted by Gasteiger charge is -2.39. The lowest BCUT2D eigenvalue weighted by atomic mass is 9.78. The summed E-state index contributed by atoms with van der Waals surface area (Å²) in [5.41, 5.74) is 0.784. The largest absolute Gasteiger partial charge is 0.312 e. The highest BCUT2D eigenvalue weighted by atomic mass is 35.5. The molecule has 1 saturated heterocycles. The third kappa shape index (κ3) is 3.97. The Morgan fingerprint density at radius 2 is 2.14 bits per heavy atom. The van der Waals surface area contributed by atoms with Crippen LogP contribution in [0.3, 0.4) is 0 Å². The van der Waals surface area contributed by atoms with Crippen molar-refractivity contribution in [1.29, 1.82) is 0 Å². The smallest absolute Gasteiger partial charge is 0.240 e. The lowest BCUT2D eigenvalue weighted by molar-refractivity contribution is 0.181. The van der Waals surface area contributed by atoms with E-state index in [2.05, 4.69) is 23.9 Å². The Morgan fingerprint density at radius 3 is 2.81 bits per heavy atom. The summed E-state index contributed by atoms with van der Waals surface area (Å²) in [4.78, 5) is 0.253. The van der Waals surface area contributed by atoms with Crippen molar-refractivity contribution in [3.63, 3.8) is 0 Å². The highest BCUT2D eigenvalue weighted by Gasteiger charge is 2.32. The minimum absolute atomic E-state index is 0.0874. The Bertz CT molecular complexity index is 614. The van der Waals surface area contributed by atoms with Crippen molar-refractivity contribution in [2.75, 3.05) is 13.1 Å². The van der Waals surface area contributed by atoms with Gasteiger partial charge in [0.2, 0.25) is 10.0 Å². The third-order valence-electron chi connectivity index (χ3n) is 4.25. The van der Waals surface area contributed by atoms with Crippen molar-refractivity contribution in [2.45, 2.75) is 44.6 Å². The monoisotopic (exact) mass is 330 g/mol. The number of halogens is 1. The Morgan fingerprint density at radius 1 is 1.43 bits per heavy atom. The van der Waals surface area contributed by atoms with Crippen molar-refractivity contribution in [2.24, 2.45) is 5.41 Å². The van der Waals surface area contributed by atoms with Crippen molar-refractivity contribution in [3.05, 3.63) is 28.8 Å². The molecule has 6 heteroatoms. The van der Waals surface area contributed by atoms with Crippen LogP contribution < -0.4 is 10.0 Å². The first-order valence-electron chi connectivity index (χ1n) is 7.21. The molecule has 1 aliphatic heterocycles. The van der Waals surface area contributed by atoms with Crippen LogP contribution in [0.4, 0.5) is 0 Å². The topological polar surface area (TPSA) is 58.2 Å². The molecule has 0 bridgehead atoms. The molecule has 1 aromatic rings. The summed E-state index contributed by atoms with van der Waals surface area (Å²) in [6.45, 7) is 7.44. The summed E-state index contributed by atoms with van der Waals surface area (Å²) < 4.78 is 27.6. The zero-order valence-corrected chi connectivity index (χ0v) is 14.3. The van der Waals surface area contributed by atoms with Crippen LogP contribution in [0.1, 0.15) is 32.3 Å². The van der Waals surface area contributed by atoms with Gasteiger partial charge in [-0.3, -0.25) is 0 Å². The standard InChI is InChI=1S/C15H23ClN2O2S/c1-11-5-6-12(16)9-13(11)21(19,20)18-10-14-15(2,3)7-4-8-17-14/h5-6,9,14,17-18H,4,7-8,10H2,1-3H3. The minimum atomic E-state index is -3.54. The second kappa shape index (κ2) is 6.24. The predicted molar refractivity (Wildman–Crippen MR) is 86.2 cm³/mol. The molecule has 0 aromatic heterocycles. The van der Waals surface area contributed by atoms with Gasteiger partial charge in [-0.1, -0.05) is 31.5 Å². The number of piperidine rings is 1. The second-order valence-electron chi connectivity index (χ2n) is 6.36. The van der Waals surface area contributed by atoms with Crippen LogP contribution in [-0.2, 0) is 10.0 Å². The van der Waals surface area contributed by atoms with Gasteiger partial charge >= 0.3 is 0 Å². The molecule has 118 valence electrons. The SMILES string of the molecule is Cc1ccc(Cl)cc1S(=O)(=O)NCC1NCCCC1(C)C. The maximum atomic E-state index is 12.5. The Labute approximate surface area is 132 Å². The summed E-state index contributed by atoms with van der Waals surface area (Å²) in [5.74, 6) is 0. The Balaban J connectivity index is 2.13. The van der Waals surface area contributed by atoms with Crippen molar-refractivity contribution in [3.8, 4) is 0 Å². The van der Waals surface area contributed by atoms with Crippen LogP contribution in [0.2, 0.25) is 5.02 Å². The summed E-state index contributed by atoms with van der Waals surface area (Å²) in [6.07, 6.45) is 2.23. The number of hydrogen-bond acceptors (Lipinski definition) is 3. The van der Waals surface area contributed by atoms with E-state index in [4.69, 9.17) is 11.6 Å². The van der Waals surface area contributed by atoms with E-state index in [1.54, 1.807) is 19.1 Å². The molecule has 0 aliphatic carbocycles. The van der Waals surface area contributed by atoms with Crippen molar-refractivity contribution in [1.82, 2.24) is 10.0 Å². The molecule has 0 saturated carbocycles. The molecule has 0 spiro atoms. The molecule has 1 fully saturated rings. The van der Waals surface area contributed by atoms with E-state index >= 15 is 0 Å². The van der Waals surface area contributed by atoms with Crippen LogP contribution >= 0.6 is 11.6 Å². The van der Waals surface area contributed by atoms with Crippen LogP contribution in [-0.4, -0.2) is 27.5 Å². The van der Waals surface area contributed by atoms with E-state index in [-0.39, 0.29) is 16.4 Å². The van der Waals surface area contributed by atoms with Gasteiger partial charge in [-0.15, -0.1) is 0 Å². The molecule has 0 radical (unpaired) electrons. The zero-order valence-electron chi connectivity index (χ0n) is 12.7. The number of benzene rings is 1. The first-order chi connectivity index (χ1) is 9.72. The summed E-state index contributed by atoms with van der Waals surface area (Å²) >= 11 is 5.91. The minimum Gasteiger partial charge on any atom is -0.312 e. The number of hydrogen-bond donors (Lipinski definition) is 2.